The Bertz CT molecular complexity index is 565. The molecule has 0 radical (unpaired) electrons. The maximum Gasteiger partial charge on any atom is 0.243 e. The Morgan fingerprint density at radius 2 is 1.96 bits per heavy atom. The standard InChI is InChI=1S/C15H24N2O4S.ClH/c1-2-20-10-11-21-14-5-7-15(8-6-14)22(18,19)17-9-3-4-13(17)12-16;/h5-8,13H,2-4,9-12,16H2,1H3;1H. The zero-order chi connectivity index (χ0) is 16.0. The molecule has 0 saturated carbocycles. The molecule has 2 rings (SSSR count). The zero-order valence-corrected chi connectivity index (χ0v) is 14.9. The molecule has 0 aliphatic carbocycles. The Labute approximate surface area is 144 Å². The van der Waals surface area contributed by atoms with Gasteiger partial charge in [-0.15, -0.1) is 12.4 Å². The Morgan fingerprint density at radius 3 is 2.57 bits per heavy atom. The lowest BCUT2D eigenvalue weighted by Gasteiger charge is -2.22. The topological polar surface area (TPSA) is 81.9 Å². The monoisotopic (exact) mass is 364 g/mol. The van der Waals surface area contributed by atoms with Crippen LogP contribution in [0.25, 0.3) is 0 Å². The fourth-order valence-corrected chi connectivity index (χ4v) is 4.27. The summed E-state index contributed by atoms with van der Waals surface area (Å²) in [6.45, 7) is 4.43. The number of benzene rings is 1. The molecule has 1 heterocycles. The molecule has 1 aliphatic rings. The second kappa shape index (κ2) is 9.44. The second-order valence-electron chi connectivity index (χ2n) is 5.16. The van der Waals surface area contributed by atoms with E-state index in [0.717, 1.165) is 12.8 Å². The van der Waals surface area contributed by atoms with E-state index < -0.39 is 10.0 Å². The Morgan fingerprint density at radius 1 is 1.26 bits per heavy atom. The number of rotatable bonds is 8. The summed E-state index contributed by atoms with van der Waals surface area (Å²) < 4.78 is 37.4. The van der Waals surface area contributed by atoms with Crippen molar-refractivity contribution < 1.29 is 17.9 Å². The van der Waals surface area contributed by atoms with Crippen LogP contribution < -0.4 is 10.5 Å². The predicted octanol–water partition coefficient (Wildman–Crippen LogP) is 1.64. The van der Waals surface area contributed by atoms with Gasteiger partial charge in [-0.05, 0) is 44.0 Å². The summed E-state index contributed by atoms with van der Waals surface area (Å²) in [5, 5.41) is 0. The van der Waals surface area contributed by atoms with Gasteiger partial charge >= 0.3 is 0 Å². The highest BCUT2D eigenvalue weighted by atomic mass is 35.5. The minimum Gasteiger partial charge on any atom is -0.491 e. The number of hydrogen-bond donors (Lipinski definition) is 1. The molecule has 23 heavy (non-hydrogen) atoms. The van der Waals surface area contributed by atoms with Crippen LogP contribution in [0.2, 0.25) is 0 Å². The van der Waals surface area contributed by atoms with Gasteiger partial charge in [-0.1, -0.05) is 0 Å². The lowest BCUT2D eigenvalue weighted by Crippen LogP contribution is -2.39. The van der Waals surface area contributed by atoms with Gasteiger partial charge in [-0.25, -0.2) is 8.42 Å². The maximum absolute atomic E-state index is 12.6. The van der Waals surface area contributed by atoms with Crippen molar-refractivity contribution in [2.75, 3.05) is 32.9 Å². The zero-order valence-electron chi connectivity index (χ0n) is 13.3. The Kier molecular flexibility index (Phi) is 8.28. The van der Waals surface area contributed by atoms with Gasteiger partial charge in [0.25, 0.3) is 0 Å². The van der Waals surface area contributed by atoms with Gasteiger partial charge < -0.3 is 15.2 Å². The number of hydrogen-bond acceptors (Lipinski definition) is 5. The Balaban J connectivity index is 0.00000264. The van der Waals surface area contributed by atoms with E-state index in [1.165, 1.54) is 4.31 Å². The van der Waals surface area contributed by atoms with E-state index in [1.807, 2.05) is 6.92 Å². The molecular weight excluding hydrogens is 340 g/mol. The highest BCUT2D eigenvalue weighted by molar-refractivity contribution is 7.89. The first-order valence-corrected chi connectivity index (χ1v) is 9.06. The van der Waals surface area contributed by atoms with Crippen molar-refractivity contribution in [2.24, 2.45) is 5.73 Å². The number of halogens is 1. The van der Waals surface area contributed by atoms with Crippen molar-refractivity contribution in [3.05, 3.63) is 24.3 Å². The molecule has 1 unspecified atom stereocenters. The fourth-order valence-electron chi connectivity index (χ4n) is 2.57. The van der Waals surface area contributed by atoms with E-state index >= 15 is 0 Å². The molecule has 132 valence electrons. The normalized spacial score (nSPS) is 18.6. The lowest BCUT2D eigenvalue weighted by molar-refractivity contribution is 0.110. The molecule has 0 spiro atoms. The smallest absolute Gasteiger partial charge is 0.243 e. The summed E-state index contributed by atoms with van der Waals surface area (Å²) in [4.78, 5) is 0.282. The van der Waals surface area contributed by atoms with Crippen LogP contribution >= 0.6 is 12.4 Å². The number of nitrogens with zero attached hydrogens (tertiary/aromatic N) is 1. The van der Waals surface area contributed by atoms with Crippen LogP contribution in [0.1, 0.15) is 19.8 Å². The molecular formula is C15H25ClN2O4S. The largest absolute Gasteiger partial charge is 0.491 e. The first-order valence-electron chi connectivity index (χ1n) is 7.62. The second-order valence-corrected chi connectivity index (χ2v) is 7.05. The van der Waals surface area contributed by atoms with E-state index in [2.05, 4.69) is 0 Å². The van der Waals surface area contributed by atoms with Crippen LogP contribution in [0.3, 0.4) is 0 Å². The molecule has 1 aliphatic heterocycles. The molecule has 1 aromatic rings. The highest BCUT2D eigenvalue weighted by Gasteiger charge is 2.34. The first kappa shape index (κ1) is 20.2. The van der Waals surface area contributed by atoms with Crippen molar-refractivity contribution in [2.45, 2.75) is 30.7 Å². The lowest BCUT2D eigenvalue weighted by atomic mass is 10.2. The molecule has 1 saturated heterocycles. The third-order valence-corrected chi connectivity index (χ3v) is 5.69. The molecule has 2 N–H and O–H groups in total. The van der Waals surface area contributed by atoms with Gasteiger partial charge in [-0.3, -0.25) is 0 Å². The SMILES string of the molecule is CCOCCOc1ccc(S(=O)(=O)N2CCCC2CN)cc1.Cl. The van der Waals surface area contributed by atoms with Gasteiger partial charge in [0.15, 0.2) is 0 Å². The highest BCUT2D eigenvalue weighted by Crippen LogP contribution is 2.26. The van der Waals surface area contributed by atoms with Gasteiger partial charge in [0.2, 0.25) is 10.0 Å². The van der Waals surface area contributed by atoms with Crippen molar-refractivity contribution in [3.63, 3.8) is 0 Å². The maximum atomic E-state index is 12.6. The van der Waals surface area contributed by atoms with E-state index in [9.17, 15) is 8.42 Å². The fraction of sp³-hybridized carbons (Fsp3) is 0.600. The van der Waals surface area contributed by atoms with Crippen molar-refractivity contribution in [3.8, 4) is 5.75 Å². The van der Waals surface area contributed by atoms with Crippen molar-refractivity contribution in [1.82, 2.24) is 4.31 Å². The van der Waals surface area contributed by atoms with Gasteiger partial charge in [-0.2, -0.15) is 4.31 Å². The third kappa shape index (κ3) is 5.06. The van der Waals surface area contributed by atoms with Gasteiger partial charge in [0.05, 0.1) is 11.5 Å². The summed E-state index contributed by atoms with van der Waals surface area (Å²) in [7, 11) is -3.47. The average Bonchev–Trinajstić information content (AvgIpc) is 3.01. The molecule has 6 nitrogen and oxygen atoms in total. The van der Waals surface area contributed by atoms with E-state index in [4.69, 9.17) is 15.2 Å². The minimum absolute atomic E-state index is 0. The number of nitrogens with two attached hydrogens (primary N) is 1. The number of ether oxygens (including phenoxy) is 2. The molecule has 1 atom stereocenters. The molecule has 0 amide bonds. The van der Waals surface area contributed by atoms with Crippen LogP contribution in [0.15, 0.2) is 29.2 Å². The molecule has 8 heteroatoms. The summed E-state index contributed by atoms with van der Waals surface area (Å²) in [5.74, 6) is 0.635. The van der Waals surface area contributed by atoms with E-state index in [1.54, 1.807) is 24.3 Å². The Hall–Kier alpha value is -0.860. The third-order valence-electron chi connectivity index (χ3n) is 3.73. The van der Waals surface area contributed by atoms with Crippen LogP contribution in [0.5, 0.6) is 5.75 Å². The van der Waals surface area contributed by atoms with Crippen LogP contribution in [0.4, 0.5) is 0 Å². The van der Waals surface area contributed by atoms with Crippen LogP contribution in [0, 0.1) is 0 Å². The average molecular weight is 365 g/mol. The summed E-state index contributed by atoms with van der Waals surface area (Å²) in [6.07, 6.45) is 1.69. The molecule has 1 fully saturated rings. The van der Waals surface area contributed by atoms with Crippen LogP contribution in [-0.2, 0) is 14.8 Å². The van der Waals surface area contributed by atoms with Crippen molar-refractivity contribution >= 4 is 22.4 Å². The van der Waals surface area contributed by atoms with Crippen LogP contribution in [-0.4, -0.2) is 51.7 Å². The van der Waals surface area contributed by atoms with Gasteiger partial charge in [0.1, 0.15) is 12.4 Å². The summed E-state index contributed by atoms with van der Waals surface area (Å²) in [5.41, 5.74) is 5.66. The predicted molar refractivity (Wildman–Crippen MR) is 91.6 cm³/mol. The molecule has 0 aromatic heterocycles. The first-order chi connectivity index (χ1) is 10.6. The minimum atomic E-state index is -3.47. The van der Waals surface area contributed by atoms with Gasteiger partial charge in [0, 0.05) is 25.7 Å². The summed E-state index contributed by atoms with van der Waals surface area (Å²) in [6, 6.07) is 6.42. The number of sulfonamides is 1. The van der Waals surface area contributed by atoms with Crippen molar-refractivity contribution in [1.29, 1.82) is 0 Å². The van der Waals surface area contributed by atoms with E-state index in [-0.39, 0.29) is 23.3 Å². The molecule has 1 aromatic carbocycles. The molecule has 0 bridgehead atoms. The summed E-state index contributed by atoms with van der Waals surface area (Å²) >= 11 is 0. The quantitative estimate of drug-likeness (QED) is 0.709. The van der Waals surface area contributed by atoms with E-state index in [0.29, 0.717) is 38.7 Å².